The molecule has 0 aromatic heterocycles. The van der Waals surface area contributed by atoms with Crippen LogP contribution in [-0.4, -0.2) is 104 Å². The van der Waals surface area contributed by atoms with Crippen molar-refractivity contribution >= 4 is 29.4 Å². The number of carbonyl (C=O) groups is 5. The number of hydrogen-bond acceptors (Lipinski definition) is 13. The SMILES string of the molecule is CC1(C)O[C@@H]2CC3[C@@H]4CC(F)C5=CC(=O)C=C[C@]5(C)C4[C@@H](O)C[C@]3(C)[C@]2(C(=O)COC(=O)CC(NC(=O)CCCCCON(O)O)C(=O)O)O1. The van der Waals surface area contributed by atoms with Gasteiger partial charge in [0.05, 0.1) is 30.6 Å². The van der Waals surface area contributed by atoms with Crippen LogP contribution in [0.25, 0.3) is 0 Å². The van der Waals surface area contributed by atoms with Crippen LogP contribution in [0.2, 0.25) is 0 Å². The number of Topliss-reactive ketones (excluding diaryl/α,β-unsaturated/α-hetero) is 1. The topological polar surface area (TPSA) is 218 Å². The van der Waals surface area contributed by atoms with Crippen LogP contribution in [0.3, 0.4) is 0 Å². The number of nitrogens with one attached hydrogen (secondary N) is 1. The first-order valence-electron chi connectivity index (χ1n) is 17.0. The molecule has 278 valence electrons. The fourth-order valence-corrected chi connectivity index (χ4v) is 9.59. The zero-order valence-corrected chi connectivity index (χ0v) is 28.6. The van der Waals surface area contributed by atoms with Gasteiger partial charge >= 0.3 is 11.9 Å². The number of amides is 1. The number of nitrogens with zero attached hydrogens (tertiary/aromatic N) is 1. The number of aliphatic hydroxyl groups is 1. The second-order valence-electron chi connectivity index (χ2n) is 15.0. The van der Waals surface area contributed by atoms with Gasteiger partial charge in [0.2, 0.25) is 11.7 Å². The number of aliphatic hydroxyl groups excluding tert-OH is 1. The monoisotopic (exact) mass is 710 g/mol. The summed E-state index contributed by atoms with van der Waals surface area (Å²) in [5, 5.41) is 40.3. The number of carbonyl (C=O) groups excluding carboxylic acids is 4. The van der Waals surface area contributed by atoms with Crippen molar-refractivity contribution in [2.45, 2.75) is 115 Å². The van der Waals surface area contributed by atoms with Crippen LogP contribution in [0.1, 0.15) is 79.1 Å². The van der Waals surface area contributed by atoms with Gasteiger partial charge in [0.1, 0.15) is 12.2 Å². The van der Waals surface area contributed by atoms with E-state index >= 15 is 4.39 Å². The smallest absolute Gasteiger partial charge is 0.326 e. The lowest BCUT2D eigenvalue weighted by molar-refractivity contribution is -0.492. The number of hydrogen-bond donors (Lipinski definition) is 5. The molecule has 4 fully saturated rings. The molecule has 0 aromatic carbocycles. The summed E-state index contributed by atoms with van der Waals surface area (Å²) in [7, 11) is 0. The molecule has 0 aromatic rings. The number of unbranched alkanes of at least 4 members (excludes halogenated alkanes) is 2. The molecule has 1 aliphatic heterocycles. The van der Waals surface area contributed by atoms with Crippen LogP contribution in [-0.2, 0) is 43.0 Å². The Bertz CT molecular complexity index is 1450. The number of ketones is 2. The summed E-state index contributed by atoms with van der Waals surface area (Å²) in [6.45, 7) is 6.16. The molecule has 0 radical (unpaired) electrons. The Morgan fingerprint density at radius 3 is 2.52 bits per heavy atom. The normalized spacial score (nSPS) is 37.2. The summed E-state index contributed by atoms with van der Waals surface area (Å²) in [4.78, 5) is 67.9. The third-order valence-electron chi connectivity index (χ3n) is 11.5. The van der Waals surface area contributed by atoms with Crippen molar-refractivity contribution in [3.05, 3.63) is 23.8 Å². The van der Waals surface area contributed by atoms with Crippen LogP contribution in [0.15, 0.2) is 23.8 Å². The molecule has 1 saturated heterocycles. The van der Waals surface area contributed by atoms with Gasteiger partial charge in [-0.25, -0.2) is 9.18 Å². The molecule has 5 N–H and O–H groups in total. The van der Waals surface area contributed by atoms with E-state index in [-0.39, 0.29) is 37.6 Å². The highest BCUT2D eigenvalue weighted by Gasteiger charge is 2.77. The Morgan fingerprint density at radius 2 is 1.84 bits per heavy atom. The molecule has 0 spiro atoms. The van der Waals surface area contributed by atoms with Crippen molar-refractivity contribution in [3.63, 3.8) is 0 Å². The first-order chi connectivity index (χ1) is 23.3. The Kier molecular flexibility index (Phi) is 10.8. The van der Waals surface area contributed by atoms with E-state index in [1.807, 2.05) is 13.8 Å². The zero-order chi connectivity index (χ0) is 36.8. The summed E-state index contributed by atoms with van der Waals surface area (Å²) in [6.07, 6.45) is 2.02. The first-order valence-corrected chi connectivity index (χ1v) is 17.0. The van der Waals surface area contributed by atoms with Gasteiger partial charge in [-0.05, 0) is 75.5 Å². The Balaban J connectivity index is 1.26. The number of aliphatic carboxylic acids is 1. The van der Waals surface area contributed by atoms with Gasteiger partial charge in [0, 0.05) is 23.2 Å². The van der Waals surface area contributed by atoms with Crippen molar-refractivity contribution in [3.8, 4) is 0 Å². The van der Waals surface area contributed by atoms with E-state index < -0.39 is 101 Å². The van der Waals surface area contributed by atoms with E-state index in [1.165, 1.54) is 12.2 Å². The fraction of sp³-hybridized carbons (Fsp3) is 0.735. The van der Waals surface area contributed by atoms with Gasteiger partial charge in [0.25, 0.3) is 0 Å². The molecule has 16 heteroatoms. The number of fused-ring (bicyclic) bond motifs is 7. The van der Waals surface area contributed by atoms with E-state index in [9.17, 15) is 34.2 Å². The molecule has 1 amide bonds. The highest BCUT2D eigenvalue weighted by atomic mass is 19.1. The molecule has 0 bridgehead atoms. The quantitative estimate of drug-likeness (QED) is 0.0994. The van der Waals surface area contributed by atoms with Crippen LogP contribution in [0.5, 0.6) is 0 Å². The van der Waals surface area contributed by atoms with E-state index in [1.54, 1.807) is 19.9 Å². The summed E-state index contributed by atoms with van der Waals surface area (Å²) >= 11 is 0. The Labute approximate surface area is 288 Å². The molecule has 1 heterocycles. The minimum Gasteiger partial charge on any atom is -0.480 e. The number of rotatable bonds is 14. The maximum absolute atomic E-state index is 15.9. The zero-order valence-electron chi connectivity index (χ0n) is 28.6. The molecule has 4 unspecified atom stereocenters. The van der Waals surface area contributed by atoms with E-state index in [2.05, 4.69) is 10.2 Å². The molecular formula is C34H47FN2O13. The molecule has 5 rings (SSSR count). The van der Waals surface area contributed by atoms with Gasteiger partial charge in [-0.15, -0.1) is 0 Å². The first kappa shape index (κ1) is 38.1. The Morgan fingerprint density at radius 1 is 1.12 bits per heavy atom. The summed E-state index contributed by atoms with van der Waals surface area (Å²) in [5.41, 5.74) is -3.30. The number of alkyl halides is 1. The van der Waals surface area contributed by atoms with E-state index in [0.717, 1.165) is 0 Å². The highest BCUT2D eigenvalue weighted by molar-refractivity contribution is 6.01. The van der Waals surface area contributed by atoms with Crippen LogP contribution < -0.4 is 5.32 Å². The highest BCUT2D eigenvalue weighted by Crippen LogP contribution is 2.70. The second kappa shape index (κ2) is 14.1. The van der Waals surface area contributed by atoms with Gasteiger partial charge in [-0.3, -0.25) is 34.4 Å². The van der Waals surface area contributed by atoms with Crippen molar-refractivity contribution in [2.75, 3.05) is 13.2 Å². The molecular weight excluding hydrogens is 663 g/mol. The second-order valence-corrected chi connectivity index (χ2v) is 15.0. The summed E-state index contributed by atoms with van der Waals surface area (Å²) in [6, 6.07) is -1.62. The number of allylic oxidation sites excluding steroid dienone is 4. The minimum absolute atomic E-state index is 0.00809. The minimum atomic E-state index is -1.67. The Hall–Kier alpha value is -3.12. The standard InChI is InChI=1S/C34H47FN2O13/c1-31(2)49-26-14-20-19-13-22(35)21-12-18(38)9-10-32(21,3)29(19)24(39)16-33(20,4)34(26,50-31)25(40)17-47-28(42)15-23(30(43)44)36-27(41)8-6-5-7-11-48-37(45)46/h9-10,12,19-20,22-24,26,29,39,45-46H,5-8,11,13-17H2,1-4H3,(H,36,41)(H,43,44)/t19-,20?,22?,23?,24-,26+,29?,32-,33-,34+/m0/s1. The molecule has 3 saturated carbocycles. The van der Waals surface area contributed by atoms with Gasteiger partial charge in [-0.1, -0.05) is 26.3 Å². The predicted molar refractivity (Wildman–Crippen MR) is 166 cm³/mol. The maximum atomic E-state index is 15.9. The van der Waals surface area contributed by atoms with Crippen molar-refractivity contribution in [1.82, 2.24) is 10.7 Å². The largest absolute Gasteiger partial charge is 0.480 e. The average molecular weight is 711 g/mol. The van der Waals surface area contributed by atoms with Crippen molar-refractivity contribution in [2.24, 2.45) is 28.6 Å². The van der Waals surface area contributed by atoms with Gasteiger partial charge in [0.15, 0.2) is 23.8 Å². The molecule has 4 aliphatic carbocycles. The number of esters is 1. The van der Waals surface area contributed by atoms with E-state index in [4.69, 9.17) is 24.6 Å². The lowest BCUT2D eigenvalue weighted by Crippen LogP contribution is -2.64. The molecule has 10 atom stereocenters. The number of carboxylic acid groups (broad SMARTS) is 1. The molecule has 15 nitrogen and oxygen atoms in total. The summed E-state index contributed by atoms with van der Waals surface area (Å²) < 4.78 is 33.9. The fourth-order valence-electron chi connectivity index (χ4n) is 9.59. The number of carboxylic acids is 1. The number of halogens is 1. The van der Waals surface area contributed by atoms with Crippen LogP contribution in [0, 0.1) is 28.6 Å². The van der Waals surface area contributed by atoms with Crippen molar-refractivity contribution in [1.29, 1.82) is 0 Å². The maximum Gasteiger partial charge on any atom is 0.326 e. The van der Waals surface area contributed by atoms with Gasteiger partial charge in [-0.2, -0.15) is 0 Å². The lowest BCUT2D eigenvalue weighted by Gasteiger charge is -2.60. The summed E-state index contributed by atoms with van der Waals surface area (Å²) in [5.74, 6) is -6.47. The third-order valence-corrected chi connectivity index (χ3v) is 11.5. The van der Waals surface area contributed by atoms with Gasteiger partial charge < -0.3 is 29.7 Å². The van der Waals surface area contributed by atoms with E-state index in [0.29, 0.717) is 31.3 Å². The molecule has 5 aliphatic rings. The average Bonchev–Trinajstić information content (AvgIpc) is 3.43. The van der Waals surface area contributed by atoms with Crippen LogP contribution in [0.4, 0.5) is 4.39 Å². The third kappa shape index (κ3) is 6.90. The molecule has 50 heavy (non-hydrogen) atoms. The van der Waals surface area contributed by atoms with Crippen molar-refractivity contribution < 1.29 is 68.0 Å². The predicted octanol–water partition coefficient (Wildman–Crippen LogP) is 2.36. The van der Waals surface area contributed by atoms with Crippen LogP contribution >= 0.6 is 0 Å². The number of ether oxygens (including phenoxy) is 3. The lowest BCUT2D eigenvalue weighted by atomic mass is 9.46.